The van der Waals surface area contributed by atoms with Crippen LogP contribution in [0.3, 0.4) is 0 Å². The van der Waals surface area contributed by atoms with Crippen molar-refractivity contribution in [1.29, 1.82) is 0 Å². The standard InChI is InChI=1S/C19H24ClN3O5S/c1-3-29(27,28)15-8-7-13(20)10-14(15)21-16(24)11-23-17(25)19(22-18(23)26)9-5-4-6-12(19)2/h7-8,10,12H,3-6,9,11H2,1-2H3,(H,21,24)(H,22,26). The maximum Gasteiger partial charge on any atom is 0.325 e. The predicted molar refractivity (Wildman–Crippen MR) is 108 cm³/mol. The summed E-state index contributed by atoms with van der Waals surface area (Å²) in [5.41, 5.74) is -0.931. The third-order valence-electron chi connectivity index (χ3n) is 5.73. The van der Waals surface area contributed by atoms with Crippen molar-refractivity contribution in [3.05, 3.63) is 23.2 Å². The van der Waals surface area contributed by atoms with Gasteiger partial charge in [0.25, 0.3) is 5.91 Å². The highest BCUT2D eigenvalue weighted by Gasteiger charge is 2.55. The van der Waals surface area contributed by atoms with Crippen molar-refractivity contribution in [1.82, 2.24) is 10.2 Å². The number of nitrogens with one attached hydrogen (secondary N) is 2. The zero-order valence-corrected chi connectivity index (χ0v) is 17.9. The molecular weight excluding hydrogens is 418 g/mol. The highest BCUT2D eigenvalue weighted by molar-refractivity contribution is 7.91. The molecule has 4 amide bonds. The summed E-state index contributed by atoms with van der Waals surface area (Å²) in [5.74, 6) is -1.25. The number of rotatable bonds is 5. The number of imide groups is 1. The van der Waals surface area contributed by atoms with Crippen LogP contribution in [0.15, 0.2) is 23.1 Å². The second-order valence-corrected chi connectivity index (χ2v) is 10.2. The zero-order chi connectivity index (χ0) is 21.4. The molecular formula is C19H24ClN3O5S. The van der Waals surface area contributed by atoms with E-state index in [1.165, 1.54) is 25.1 Å². The summed E-state index contributed by atoms with van der Waals surface area (Å²) in [4.78, 5) is 38.8. The van der Waals surface area contributed by atoms with Gasteiger partial charge in [-0.1, -0.05) is 38.3 Å². The van der Waals surface area contributed by atoms with Crippen molar-refractivity contribution < 1.29 is 22.8 Å². The van der Waals surface area contributed by atoms with E-state index in [1.54, 1.807) is 0 Å². The quantitative estimate of drug-likeness (QED) is 0.682. The highest BCUT2D eigenvalue weighted by Crippen LogP contribution is 2.38. The highest BCUT2D eigenvalue weighted by atomic mass is 35.5. The Hall–Kier alpha value is -2.13. The first-order chi connectivity index (χ1) is 13.6. The number of nitrogens with zero attached hydrogens (tertiary/aromatic N) is 1. The molecule has 1 aromatic carbocycles. The molecule has 0 bridgehead atoms. The molecule has 1 aliphatic heterocycles. The summed E-state index contributed by atoms with van der Waals surface area (Å²) in [6, 6.07) is 3.47. The molecule has 8 nitrogen and oxygen atoms in total. The third-order valence-corrected chi connectivity index (χ3v) is 7.76. The molecule has 158 valence electrons. The molecule has 3 rings (SSSR count). The van der Waals surface area contributed by atoms with Crippen molar-refractivity contribution in [2.75, 3.05) is 17.6 Å². The largest absolute Gasteiger partial charge is 0.325 e. The molecule has 2 unspecified atom stereocenters. The van der Waals surface area contributed by atoms with Crippen LogP contribution in [-0.4, -0.2) is 49.0 Å². The molecule has 10 heteroatoms. The fourth-order valence-corrected chi connectivity index (χ4v) is 5.20. The van der Waals surface area contributed by atoms with Crippen LogP contribution >= 0.6 is 11.6 Å². The van der Waals surface area contributed by atoms with Gasteiger partial charge < -0.3 is 10.6 Å². The molecule has 0 radical (unpaired) electrons. The van der Waals surface area contributed by atoms with Crippen LogP contribution in [0.5, 0.6) is 0 Å². The summed E-state index contributed by atoms with van der Waals surface area (Å²) in [7, 11) is -3.60. The molecule has 29 heavy (non-hydrogen) atoms. The van der Waals surface area contributed by atoms with Crippen LogP contribution in [-0.2, 0) is 19.4 Å². The van der Waals surface area contributed by atoms with E-state index in [0.29, 0.717) is 6.42 Å². The summed E-state index contributed by atoms with van der Waals surface area (Å²) in [6.45, 7) is 2.92. The van der Waals surface area contributed by atoms with Gasteiger partial charge in [-0.05, 0) is 37.0 Å². The van der Waals surface area contributed by atoms with Crippen molar-refractivity contribution in [3.63, 3.8) is 0 Å². The fourth-order valence-electron chi connectivity index (χ4n) is 4.00. The van der Waals surface area contributed by atoms with E-state index in [1.807, 2.05) is 6.92 Å². The predicted octanol–water partition coefficient (Wildman–Crippen LogP) is 2.57. The number of carbonyl (C=O) groups excluding carboxylic acids is 3. The summed E-state index contributed by atoms with van der Waals surface area (Å²) >= 11 is 5.95. The van der Waals surface area contributed by atoms with E-state index in [4.69, 9.17) is 11.6 Å². The smallest absolute Gasteiger partial charge is 0.323 e. The van der Waals surface area contributed by atoms with E-state index < -0.39 is 39.8 Å². The number of sulfone groups is 1. The van der Waals surface area contributed by atoms with Gasteiger partial charge in [-0.2, -0.15) is 0 Å². The number of hydrogen-bond donors (Lipinski definition) is 2. The van der Waals surface area contributed by atoms with Crippen molar-refractivity contribution in [3.8, 4) is 0 Å². The molecule has 1 aromatic rings. The van der Waals surface area contributed by atoms with Crippen molar-refractivity contribution >= 4 is 45.0 Å². The molecule has 2 N–H and O–H groups in total. The normalized spacial score (nSPS) is 24.7. The molecule has 2 fully saturated rings. The van der Waals surface area contributed by atoms with Crippen molar-refractivity contribution in [2.45, 2.75) is 50.0 Å². The topological polar surface area (TPSA) is 113 Å². The minimum absolute atomic E-state index is 0.0185. The SMILES string of the molecule is CCS(=O)(=O)c1ccc(Cl)cc1NC(=O)CN1C(=O)NC2(CCCCC2C)C1=O. The van der Waals surface area contributed by atoms with Crippen LogP contribution in [0.2, 0.25) is 5.02 Å². The van der Waals surface area contributed by atoms with E-state index in [9.17, 15) is 22.8 Å². The molecule has 1 heterocycles. The number of anilines is 1. The first-order valence-corrected chi connectivity index (χ1v) is 11.6. The lowest BCUT2D eigenvalue weighted by molar-refractivity contribution is -0.136. The van der Waals surface area contributed by atoms with Gasteiger partial charge in [0.15, 0.2) is 9.84 Å². The summed E-state index contributed by atoms with van der Waals surface area (Å²) < 4.78 is 24.6. The molecule has 2 aliphatic rings. The van der Waals surface area contributed by atoms with Gasteiger partial charge >= 0.3 is 6.03 Å². The van der Waals surface area contributed by atoms with Gasteiger partial charge in [0, 0.05) is 5.02 Å². The molecule has 1 aliphatic carbocycles. The third kappa shape index (κ3) is 3.98. The Morgan fingerprint density at radius 1 is 1.34 bits per heavy atom. The van der Waals surface area contributed by atoms with Crippen LogP contribution in [0.25, 0.3) is 0 Å². The number of benzene rings is 1. The monoisotopic (exact) mass is 441 g/mol. The van der Waals surface area contributed by atoms with Gasteiger partial charge in [0.2, 0.25) is 5.91 Å². The molecule has 1 spiro atoms. The van der Waals surface area contributed by atoms with Crippen LogP contribution in [0.1, 0.15) is 39.5 Å². The van der Waals surface area contributed by atoms with Crippen LogP contribution < -0.4 is 10.6 Å². The van der Waals surface area contributed by atoms with Crippen LogP contribution in [0, 0.1) is 5.92 Å². The average Bonchev–Trinajstić information content (AvgIpc) is 2.89. The van der Waals surface area contributed by atoms with Gasteiger partial charge in [0.05, 0.1) is 16.3 Å². The average molecular weight is 442 g/mol. The van der Waals surface area contributed by atoms with E-state index in [-0.39, 0.29) is 27.3 Å². The number of halogens is 1. The Kier molecular flexibility index (Phi) is 5.91. The van der Waals surface area contributed by atoms with E-state index in [2.05, 4.69) is 10.6 Å². The maximum absolute atomic E-state index is 13.0. The van der Waals surface area contributed by atoms with Gasteiger partial charge in [-0.3, -0.25) is 14.5 Å². The Balaban J connectivity index is 1.79. The van der Waals surface area contributed by atoms with Gasteiger partial charge in [0.1, 0.15) is 12.1 Å². The van der Waals surface area contributed by atoms with E-state index in [0.717, 1.165) is 24.2 Å². The first-order valence-electron chi connectivity index (χ1n) is 9.57. The Bertz CT molecular complexity index is 965. The Morgan fingerprint density at radius 3 is 2.72 bits per heavy atom. The van der Waals surface area contributed by atoms with Gasteiger partial charge in [-0.15, -0.1) is 0 Å². The number of urea groups is 1. The van der Waals surface area contributed by atoms with Crippen LogP contribution in [0.4, 0.5) is 10.5 Å². The Labute approximate surface area is 174 Å². The minimum atomic E-state index is -3.60. The second-order valence-electron chi connectivity index (χ2n) is 7.53. The molecule has 1 saturated heterocycles. The second kappa shape index (κ2) is 7.95. The lowest BCUT2D eigenvalue weighted by Crippen LogP contribution is -2.54. The summed E-state index contributed by atoms with van der Waals surface area (Å²) in [5, 5.41) is 5.52. The van der Waals surface area contributed by atoms with E-state index >= 15 is 0 Å². The molecule has 0 aromatic heterocycles. The maximum atomic E-state index is 13.0. The lowest BCUT2D eigenvalue weighted by atomic mass is 9.73. The minimum Gasteiger partial charge on any atom is -0.323 e. The zero-order valence-electron chi connectivity index (χ0n) is 16.3. The lowest BCUT2D eigenvalue weighted by Gasteiger charge is -2.36. The molecule has 2 atom stereocenters. The number of hydrogen-bond acceptors (Lipinski definition) is 5. The summed E-state index contributed by atoms with van der Waals surface area (Å²) in [6.07, 6.45) is 3.20. The van der Waals surface area contributed by atoms with Crippen molar-refractivity contribution in [2.24, 2.45) is 5.92 Å². The first kappa shape index (κ1) is 21.6. The molecule has 1 saturated carbocycles. The number of carbonyl (C=O) groups is 3. The Morgan fingerprint density at radius 2 is 2.07 bits per heavy atom. The van der Waals surface area contributed by atoms with Gasteiger partial charge in [-0.25, -0.2) is 13.2 Å². The fraction of sp³-hybridized carbons (Fsp3) is 0.526. The number of amides is 4.